The number of hydrazine groups is 1. The minimum Gasteiger partial charge on any atom is -0.273 e. The summed E-state index contributed by atoms with van der Waals surface area (Å²) in [7, 11) is 0. The molecule has 0 spiro atoms. The maximum absolute atomic E-state index is 12.6. The molecule has 0 aliphatic rings. The molecule has 0 heterocycles. The number of hydrogen-bond acceptors (Lipinski definition) is 2. The summed E-state index contributed by atoms with van der Waals surface area (Å²) in [6.07, 6.45) is 1.36. The Balaban J connectivity index is 0.000000511. The number of carbonyl (C=O) groups excluding carboxylic acids is 2. The van der Waals surface area contributed by atoms with Crippen LogP contribution < -0.4 is 5.43 Å². The number of carbonyl (C=O) groups is 2. The van der Waals surface area contributed by atoms with E-state index >= 15 is 0 Å². The van der Waals surface area contributed by atoms with Crippen LogP contribution in [0.15, 0.2) is 66.7 Å². The summed E-state index contributed by atoms with van der Waals surface area (Å²) >= 11 is 0. The molecule has 1 N–H and O–H groups in total. The molecule has 0 aliphatic carbocycles. The van der Waals surface area contributed by atoms with Crippen molar-refractivity contribution >= 4 is 11.8 Å². The van der Waals surface area contributed by atoms with Gasteiger partial charge < -0.3 is 0 Å². The van der Waals surface area contributed by atoms with Gasteiger partial charge in [-0.1, -0.05) is 74.9 Å². The summed E-state index contributed by atoms with van der Waals surface area (Å²) < 4.78 is 0. The van der Waals surface area contributed by atoms with Crippen LogP contribution in [-0.2, 0) is 4.79 Å². The molecule has 0 aromatic heterocycles. The van der Waals surface area contributed by atoms with Crippen LogP contribution in [0.4, 0.5) is 0 Å². The summed E-state index contributed by atoms with van der Waals surface area (Å²) in [6, 6.07) is 21.0. The highest BCUT2D eigenvalue weighted by atomic mass is 16.2. The van der Waals surface area contributed by atoms with Crippen molar-refractivity contribution in [2.45, 2.75) is 53.0 Å². The van der Waals surface area contributed by atoms with Crippen molar-refractivity contribution in [1.29, 1.82) is 0 Å². The number of nitrogens with one attached hydrogen (secondary N) is 1. The first kappa shape index (κ1) is 22.4. The lowest BCUT2D eigenvalue weighted by atomic mass is 10.0. The lowest BCUT2D eigenvalue weighted by Crippen LogP contribution is -2.56. The Morgan fingerprint density at radius 2 is 1.37 bits per heavy atom. The summed E-state index contributed by atoms with van der Waals surface area (Å²) in [4.78, 5) is 24.7. The molecule has 0 saturated carbocycles. The van der Waals surface area contributed by atoms with Crippen LogP contribution in [0.1, 0.15) is 57.8 Å². The predicted molar refractivity (Wildman–Crippen MR) is 111 cm³/mol. The molecule has 4 heteroatoms. The highest BCUT2D eigenvalue weighted by molar-refractivity contribution is 5.95. The van der Waals surface area contributed by atoms with Gasteiger partial charge in [0.25, 0.3) is 5.91 Å². The van der Waals surface area contributed by atoms with E-state index in [1.807, 2.05) is 82.3 Å². The SMILES string of the molecule is CCC(C)CC(=O)NN(C(=O)c1ccccc1)C(C)(C)C.c1ccccc1. The van der Waals surface area contributed by atoms with E-state index < -0.39 is 5.54 Å². The van der Waals surface area contributed by atoms with E-state index in [4.69, 9.17) is 0 Å². The molecular formula is C23H32N2O2. The quantitative estimate of drug-likeness (QED) is 0.765. The van der Waals surface area contributed by atoms with Crippen LogP contribution >= 0.6 is 0 Å². The summed E-state index contributed by atoms with van der Waals surface area (Å²) in [6.45, 7) is 9.78. The molecular weight excluding hydrogens is 336 g/mol. The highest BCUT2D eigenvalue weighted by Gasteiger charge is 2.29. The number of hydrogen-bond donors (Lipinski definition) is 1. The number of rotatable bonds is 4. The molecule has 0 radical (unpaired) electrons. The Bertz CT molecular complexity index is 652. The van der Waals surface area contributed by atoms with Gasteiger partial charge in [-0.15, -0.1) is 0 Å². The first-order chi connectivity index (χ1) is 12.8. The van der Waals surface area contributed by atoms with Gasteiger partial charge in [0.05, 0.1) is 5.54 Å². The first-order valence-corrected chi connectivity index (χ1v) is 9.44. The largest absolute Gasteiger partial charge is 0.273 e. The van der Waals surface area contributed by atoms with Gasteiger partial charge in [-0.25, -0.2) is 5.01 Å². The molecule has 0 fully saturated rings. The smallest absolute Gasteiger partial charge is 0.272 e. The van der Waals surface area contributed by atoms with Gasteiger partial charge in [0.15, 0.2) is 0 Å². The molecule has 0 bridgehead atoms. The maximum Gasteiger partial charge on any atom is 0.272 e. The zero-order valence-corrected chi connectivity index (χ0v) is 17.1. The summed E-state index contributed by atoms with van der Waals surface area (Å²) in [5, 5.41) is 1.42. The second kappa shape index (κ2) is 11.2. The van der Waals surface area contributed by atoms with Crippen molar-refractivity contribution < 1.29 is 9.59 Å². The van der Waals surface area contributed by atoms with Crippen molar-refractivity contribution in [1.82, 2.24) is 10.4 Å². The molecule has 27 heavy (non-hydrogen) atoms. The molecule has 1 unspecified atom stereocenters. The molecule has 2 amide bonds. The van der Waals surface area contributed by atoms with E-state index in [-0.39, 0.29) is 11.8 Å². The van der Waals surface area contributed by atoms with Gasteiger partial charge in [0.2, 0.25) is 5.91 Å². The average molecular weight is 369 g/mol. The standard InChI is InChI=1S/C17H26N2O2.C6H6/c1-6-13(2)12-15(20)18-19(17(3,4)5)16(21)14-10-8-7-9-11-14;1-2-4-6-5-3-1/h7-11,13H,6,12H2,1-5H3,(H,18,20);1-6H. The van der Waals surface area contributed by atoms with Gasteiger partial charge in [-0.2, -0.15) is 0 Å². The van der Waals surface area contributed by atoms with Crippen LogP contribution in [-0.4, -0.2) is 22.4 Å². The van der Waals surface area contributed by atoms with Crippen LogP contribution in [0, 0.1) is 5.92 Å². The summed E-state index contributed by atoms with van der Waals surface area (Å²) in [5.74, 6) is -0.0113. The normalized spacial score (nSPS) is 11.6. The topological polar surface area (TPSA) is 49.4 Å². The van der Waals surface area contributed by atoms with E-state index in [1.165, 1.54) is 5.01 Å². The van der Waals surface area contributed by atoms with Crippen LogP contribution in [0.25, 0.3) is 0 Å². The van der Waals surface area contributed by atoms with Crippen LogP contribution in [0.2, 0.25) is 0 Å². The molecule has 2 aromatic carbocycles. The van der Waals surface area contributed by atoms with E-state index in [2.05, 4.69) is 12.3 Å². The Morgan fingerprint density at radius 1 is 0.926 bits per heavy atom. The Hall–Kier alpha value is -2.62. The minimum absolute atomic E-state index is 0.122. The third-order valence-corrected chi connectivity index (χ3v) is 4.03. The Morgan fingerprint density at radius 3 is 1.78 bits per heavy atom. The fraction of sp³-hybridized carbons (Fsp3) is 0.391. The van der Waals surface area contributed by atoms with E-state index in [1.54, 1.807) is 12.1 Å². The zero-order valence-electron chi connectivity index (χ0n) is 17.1. The van der Waals surface area contributed by atoms with Gasteiger partial charge >= 0.3 is 0 Å². The lowest BCUT2D eigenvalue weighted by molar-refractivity contribution is -0.127. The molecule has 146 valence electrons. The lowest BCUT2D eigenvalue weighted by Gasteiger charge is -2.35. The molecule has 0 saturated heterocycles. The number of nitrogens with zero attached hydrogens (tertiary/aromatic N) is 1. The predicted octanol–water partition coefficient (Wildman–Crippen LogP) is 5.08. The Labute approximate surface area is 163 Å². The van der Waals surface area contributed by atoms with Crippen molar-refractivity contribution in [3.63, 3.8) is 0 Å². The monoisotopic (exact) mass is 368 g/mol. The van der Waals surface area contributed by atoms with Gasteiger partial charge in [-0.3, -0.25) is 15.0 Å². The van der Waals surface area contributed by atoms with E-state index in [0.717, 1.165) is 6.42 Å². The van der Waals surface area contributed by atoms with Crippen molar-refractivity contribution in [3.05, 3.63) is 72.3 Å². The van der Waals surface area contributed by atoms with E-state index in [0.29, 0.717) is 17.9 Å². The first-order valence-electron chi connectivity index (χ1n) is 9.44. The molecule has 2 aromatic rings. The van der Waals surface area contributed by atoms with Crippen LogP contribution in [0.5, 0.6) is 0 Å². The van der Waals surface area contributed by atoms with Gasteiger partial charge in [0.1, 0.15) is 0 Å². The third kappa shape index (κ3) is 8.54. The van der Waals surface area contributed by atoms with Crippen LogP contribution in [0.3, 0.4) is 0 Å². The highest BCUT2D eigenvalue weighted by Crippen LogP contribution is 2.16. The fourth-order valence-electron chi connectivity index (χ4n) is 2.25. The van der Waals surface area contributed by atoms with Gasteiger partial charge in [0, 0.05) is 12.0 Å². The Kier molecular flexibility index (Phi) is 9.27. The second-order valence-electron chi connectivity index (χ2n) is 7.58. The van der Waals surface area contributed by atoms with Crippen molar-refractivity contribution in [2.75, 3.05) is 0 Å². The number of amides is 2. The fourth-order valence-corrected chi connectivity index (χ4v) is 2.25. The molecule has 2 rings (SSSR count). The average Bonchev–Trinajstić information content (AvgIpc) is 2.67. The molecule has 0 aliphatic heterocycles. The third-order valence-electron chi connectivity index (χ3n) is 4.03. The zero-order chi connectivity index (χ0) is 20.3. The van der Waals surface area contributed by atoms with Crippen molar-refractivity contribution in [2.24, 2.45) is 5.92 Å². The summed E-state index contributed by atoms with van der Waals surface area (Å²) in [5.41, 5.74) is 2.84. The van der Waals surface area contributed by atoms with Crippen molar-refractivity contribution in [3.8, 4) is 0 Å². The number of benzene rings is 2. The molecule has 1 atom stereocenters. The van der Waals surface area contributed by atoms with E-state index in [9.17, 15) is 9.59 Å². The second-order valence-corrected chi connectivity index (χ2v) is 7.58. The van der Waals surface area contributed by atoms with Gasteiger partial charge in [-0.05, 0) is 38.8 Å². The molecule has 4 nitrogen and oxygen atoms in total. The minimum atomic E-state index is -0.488. The maximum atomic E-state index is 12.6.